The summed E-state index contributed by atoms with van der Waals surface area (Å²) in [5.74, 6) is 1.99. The summed E-state index contributed by atoms with van der Waals surface area (Å²) in [5, 5.41) is 0. The highest BCUT2D eigenvalue weighted by Crippen LogP contribution is 2.39. The molecule has 2 N–H and O–H groups in total. The molecule has 70 valence electrons. The fourth-order valence-electron chi connectivity index (χ4n) is 2.36. The molecule has 1 saturated heterocycles. The normalized spacial score (nSPS) is 42.0. The fraction of sp³-hybridized carbons (Fsp3) is 1.00. The van der Waals surface area contributed by atoms with Crippen molar-refractivity contribution in [1.82, 2.24) is 4.90 Å². The molecule has 2 aliphatic rings. The molecule has 0 amide bonds. The van der Waals surface area contributed by atoms with E-state index in [1.165, 1.54) is 32.4 Å². The molecule has 1 saturated carbocycles. The second-order valence-electron chi connectivity index (χ2n) is 4.50. The molecular formula is C10H20N2. The largest absolute Gasteiger partial charge is 0.329 e. The van der Waals surface area contributed by atoms with Gasteiger partial charge in [0.15, 0.2) is 0 Å². The lowest BCUT2D eigenvalue weighted by molar-refractivity contribution is 0.244. The minimum absolute atomic E-state index is 0.706. The van der Waals surface area contributed by atoms with Gasteiger partial charge in [-0.1, -0.05) is 6.92 Å². The minimum atomic E-state index is 0.706. The topological polar surface area (TPSA) is 29.3 Å². The fourth-order valence-corrected chi connectivity index (χ4v) is 2.36. The van der Waals surface area contributed by atoms with Gasteiger partial charge in [-0.05, 0) is 37.6 Å². The summed E-state index contributed by atoms with van der Waals surface area (Å²) in [4.78, 5) is 2.61. The molecule has 3 unspecified atom stereocenters. The van der Waals surface area contributed by atoms with Gasteiger partial charge in [-0.25, -0.2) is 0 Å². The standard InChI is InChI=1S/C10H20N2/c1-8-5-9(8)7-12-4-2-3-10(12)6-11/h8-10H,2-7,11H2,1H3. The Hall–Kier alpha value is -0.0800. The Morgan fingerprint density at radius 2 is 2.25 bits per heavy atom. The van der Waals surface area contributed by atoms with Crippen molar-refractivity contribution < 1.29 is 0 Å². The zero-order chi connectivity index (χ0) is 8.55. The molecule has 2 nitrogen and oxygen atoms in total. The second-order valence-corrected chi connectivity index (χ2v) is 4.50. The minimum Gasteiger partial charge on any atom is -0.329 e. The van der Waals surface area contributed by atoms with Gasteiger partial charge in [0.1, 0.15) is 0 Å². The molecule has 2 rings (SSSR count). The van der Waals surface area contributed by atoms with Crippen LogP contribution in [0, 0.1) is 11.8 Å². The molecule has 1 aliphatic carbocycles. The Labute approximate surface area is 75.1 Å². The number of nitrogens with zero attached hydrogens (tertiary/aromatic N) is 1. The van der Waals surface area contributed by atoms with E-state index in [2.05, 4.69) is 11.8 Å². The van der Waals surface area contributed by atoms with E-state index in [9.17, 15) is 0 Å². The van der Waals surface area contributed by atoms with Crippen LogP contribution in [0.1, 0.15) is 26.2 Å². The highest BCUT2D eigenvalue weighted by atomic mass is 15.2. The van der Waals surface area contributed by atoms with Crippen LogP contribution in [-0.2, 0) is 0 Å². The Bertz CT molecular complexity index is 158. The van der Waals surface area contributed by atoms with Gasteiger partial charge in [-0.3, -0.25) is 4.90 Å². The van der Waals surface area contributed by atoms with Gasteiger partial charge in [0.2, 0.25) is 0 Å². The van der Waals surface area contributed by atoms with Crippen LogP contribution in [-0.4, -0.2) is 30.6 Å². The van der Waals surface area contributed by atoms with E-state index in [0.29, 0.717) is 6.04 Å². The molecule has 0 spiro atoms. The van der Waals surface area contributed by atoms with Gasteiger partial charge >= 0.3 is 0 Å². The van der Waals surface area contributed by atoms with Crippen molar-refractivity contribution in [2.45, 2.75) is 32.2 Å². The molecule has 0 radical (unpaired) electrons. The predicted molar refractivity (Wildman–Crippen MR) is 50.9 cm³/mol. The van der Waals surface area contributed by atoms with Gasteiger partial charge in [-0.2, -0.15) is 0 Å². The van der Waals surface area contributed by atoms with Crippen LogP contribution in [0.5, 0.6) is 0 Å². The molecule has 1 heterocycles. The highest BCUT2D eigenvalue weighted by molar-refractivity contribution is 4.89. The summed E-state index contributed by atoms with van der Waals surface area (Å²) >= 11 is 0. The van der Waals surface area contributed by atoms with E-state index < -0.39 is 0 Å². The Morgan fingerprint density at radius 3 is 2.83 bits per heavy atom. The summed E-state index contributed by atoms with van der Waals surface area (Å²) in [6.07, 6.45) is 4.15. The molecule has 12 heavy (non-hydrogen) atoms. The first-order valence-corrected chi connectivity index (χ1v) is 5.25. The van der Waals surface area contributed by atoms with E-state index in [4.69, 9.17) is 5.73 Å². The third kappa shape index (κ3) is 1.64. The summed E-state index contributed by atoms with van der Waals surface area (Å²) < 4.78 is 0. The van der Waals surface area contributed by atoms with Crippen LogP contribution >= 0.6 is 0 Å². The van der Waals surface area contributed by atoms with Crippen molar-refractivity contribution in [3.05, 3.63) is 0 Å². The number of hydrogen-bond acceptors (Lipinski definition) is 2. The molecule has 2 fully saturated rings. The van der Waals surface area contributed by atoms with Gasteiger partial charge in [-0.15, -0.1) is 0 Å². The lowest BCUT2D eigenvalue weighted by atomic mass is 10.2. The zero-order valence-electron chi connectivity index (χ0n) is 8.00. The summed E-state index contributed by atoms with van der Waals surface area (Å²) in [5.41, 5.74) is 5.71. The third-order valence-electron chi connectivity index (χ3n) is 3.52. The molecule has 1 aliphatic heterocycles. The maximum atomic E-state index is 5.71. The summed E-state index contributed by atoms with van der Waals surface area (Å²) in [6.45, 7) is 5.84. The van der Waals surface area contributed by atoms with E-state index in [1.807, 2.05) is 0 Å². The molecule has 0 aromatic carbocycles. The maximum absolute atomic E-state index is 5.71. The summed E-state index contributed by atoms with van der Waals surface area (Å²) in [6, 6.07) is 0.706. The quantitative estimate of drug-likeness (QED) is 0.683. The number of nitrogens with two attached hydrogens (primary N) is 1. The summed E-state index contributed by atoms with van der Waals surface area (Å²) in [7, 11) is 0. The van der Waals surface area contributed by atoms with E-state index in [1.54, 1.807) is 0 Å². The lowest BCUT2D eigenvalue weighted by Gasteiger charge is -2.22. The average molecular weight is 168 g/mol. The van der Waals surface area contributed by atoms with Crippen LogP contribution < -0.4 is 5.73 Å². The third-order valence-corrected chi connectivity index (χ3v) is 3.52. The van der Waals surface area contributed by atoms with Gasteiger partial charge in [0, 0.05) is 19.1 Å². The van der Waals surface area contributed by atoms with E-state index >= 15 is 0 Å². The average Bonchev–Trinajstić information content (AvgIpc) is 2.62. The maximum Gasteiger partial charge on any atom is 0.0219 e. The van der Waals surface area contributed by atoms with Crippen LogP contribution in [0.4, 0.5) is 0 Å². The van der Waals surface area contributed by atoms with Crippen LogP contribution in [0.25, 0.3) is 0 Å². The molecule has 3 atom stereocenters. The van der Waals surface area contributed by atoms with Crippen LogP contribution in [0.2, 0.25) is 0 Å². The predicted octanol–water partition coefficient (Wildman–Crippen LogP) is 1.07. The number of likely N-dealkylation sites (tertiary alicyclic amines) is 1. The Kier molecular flexibility index (Phi) is 2.37. The van der Waals surface area contributed by atoms with Crippen LogP contribution in [0.15, 0.2) is 0 Å². The SMILES string of the molecule is CC1CC1CN1CCCC1CN. The molecule has 2 heteroatoms. The van der Waals surface area contributed by atoms with Crippen molar-refractivity contribution in [3.63, 3.8) is 0 Å². The first-order valence-electron chi connectivity index (χ1n) is 5.25. The molecule has 0 aromatic heterocycles. The molecule has 0 bridgehead atoms. The van der Waals surface area contributed by atoms with Gasteiger partial charge < -0.3 is 5.73 Å². The van der Waals surface area contributed by atoms with Crippen molar-refractivity contribution in [2.75, 3.05) is 19.6 Å². The van der Waals surface area contributed by atoms with Gasteiger partial charge in [0.05, 0.1) is 0 Å². The van der Waals surface area contributed by atoms with Crippen molar-refractivity contribution in [3.8, 4) is 0 Å². The smallest absolute Gasteiger partial charge is 0.0219 e. The number of hydrogen-bond donors (Lipinski definition) is 1. The Balaban J connectivity index is 1.78. The van der Waals surface area contributed by atoms with Gasteiger partial charge in [0.25, 0.3) is 0 Å². The Morgan fingerprint density at radius 1 is 1.50 bits per heavy atom. The first kappa shape index (κ1) is 8.52. The number of rotatable bonds is 3. The lowest BCUT2D eigenvalue weighted by Crippen LogP contribution is -2.36. The van der Waals surface area contributed by atoms with E-state index in [0.717, 1.165) is 18.4 Å². The van der Waals surface area contributed by atoms with Crippen molar-refractivity contribution in [2.24, 2.45) is 17.6 Å². The van der Waals surface area contributed by atoms with Crippen LogP contribution in [0.3, 0.4) is 0 Å². The highest BCUT2D eigenvalue weighted by Gasteiger charge is 2.36. The second kappa shape index (κ2) is 3.35. The molecule has 0 aromatic rings. The molecular weight excluding hydrogens is 148 g/mol. The monoisotopic (exact) mass is 168 g/mol. The van der Waals surface area contributed by atoms with Crippen molar-refractivity contribution in [1.29, 1.82) is 0 Å². The van der Waals surface area contributed by atoms with E-state index in [-0.39, 0.29) is 0 Å². The van der Waals surface area contributed by atoms with Crippen molar-refractivity contribution >= 4 is 0 Å². The first-order chi connectivity index (χ1) is 5.81. The zero-order valence-corrected chi connectivity index (χ0v) is 8.00.